The number of amides is 5. The number of H-pyrrole nitrogens is 1. The average molecular weight is 504 g/mol. The Hall–Kier alpha value is -4.46. The molecule has 1 aromatic carbocycles. The summed E-state index contributed by atoms with van der Waals surface area (Å²) < 4.78 is 0. The van der Waals surface area contributed by atoms with Crippen LogP contribution in [0.15, 0.2) is 30.5 Å². The van der Waals surface area contributed by atoms with Crippen LogP contribution in [0.3, 0.4) is 0 Å². The van der Waals surface area contributed by atoms with E-state index in [4.69, 9.17) is 17.2 Å². The molecule has 5 amide bonds. The highest BCUT2D eigenvalue weighted by Gasteiger charge is 2.30. The Balaban J connectivity index is 2.26. The van der Waals surface area contributed by atoms with Crippen molar-refractivity contribution in [2.24, 2.45) is 17.2 Å². The zero-order valence-electron chi connectivity index (χ0n) is 19.3. The maximum atomic E-state index is 13.2. The number of nitrogens with one attached hydrogen (secondary N) is 4. The van der Waals surface area contributed by atoms with Gasteiger partial charge >= 0.3 is 5.97 Å². The Kier molecular flexibility index (Phi) is 9.92. The summed E-state index contributed by atoms with van der Waals surface area (Å²) in [6.45, 7) is -0.392. The molecule has 0 aliphatic heterocycles. The zero-order valence-corrected chi connectivity index (χ0v) is 19.3. The normalized spacial score (nSPS) is 13.2. The van der Waals surface area contributed by atoms with E-state index in [1.807, 2.05) is 24.3 Å². The summed E-state index contributed by atoms with van der Waals surface area (Å²) in [5.41, 5.74) is 17.1. The Labute approximate surface area is 205 Å². The molecule has 3 unspecified atom stereocenters. The number of carboxylic acid groups (broad SMARTS) is 1. The van der Waals surface area contributed by atoms with Gasteiger partial charge in [0.15, 0.2) is 0 Å². The molecule has 0 aliphatic carbocycles. The number of carboxylic acids is 1. The van der Waals surface area contributed by atoms with Gasteiger partial charge in [-0.2, -0.15) is 0 Å². The summed E-state index contributed by atoms with van der Waals surface area (Å²) in [5.74, 6) is -5.64. The lowest BCUT2D eigenvalue weighted by Gasteiger charge is -2.24. The van der Waals surface area contributed by atoms with Gasteiger partial charge in [-0.15, -0.1) is 0 Å². The lowest BCUT2D eigenvalue weighted by atomic mass is 10.0. The molecule has 11 N–H and O–H groups in total. The first kappa shape index (κ1) is 27.8. The van der Waals surface area contributed by atoms with Crippen LogP contribution in [0.4, 0.5) is 0 Å². The van der Waals surface area contributed by atoms with Crippen LogP contribution in [0, 0.1) is 0 Å². The van der Waals surface area contributed by atoms with Gasteiger partial charge in [0.25, 0.3) is 0 Å². The van der Waals surface area contributed by atoms with E-state index in [9.17, 15) is 33.9 Å². The summed E-state index contributed by atoms with van der Waals surface area (Å²) in [7, 11) is 0. The van der Waals surface area contributed by atoms with Crippen LogP contribution < -0.4 is 33.2 Å². The third kappa shape index (κ3) is 8.09. The molecular formula is C22H29N7O7. The fraction of sp³-hybridized carbons (Fsp3) is 0.364. The molecule has 3 atom stereocenters. The van der Waals surface area contributed by atoms with Crippen molar-refractivity contribution >= 4 is 46.4 Å². The SMILES string of the molecule is NCC(=O)NC(Cc1c[nH]c2ccccc12)C(=O)NC(CCC(N)=O)C(=O)NC(CC(N)=O)C(=O)O. The standard InChI is InChI=1S/C22H29N7O7/c23-9-19(32)27-15(7-11-10-26-13-4-2-1-3-12(11)13)21(34)28-14(5-6-17(24)30)20(33)29-16(22(35)36)8-18(25)31/h1-4,10,14-16,26H,5-9,23H2,(H2,24,30)(H2,25,31)(H,27,32)(H,28,34)(H,29,33)(H,35,36). The van der Waals surface area contributed by atoms with Crippen molar-refractivity contribution in [1.29, 1.82) is 0 Å². The fourth-order valence-electron chi connectivity index (χ4n) is 3.48. The first-order chi connectivity index (χ1) is 17.0. The molecule has 1 aromatic heterocycles. The number of hydrogen-bond donors (Lipinski definition) is 8. The topological polar surface area (TPSA) is 253 Å². The number of primary amides is 2. The molecule has 0 bridgehead atoms. The molecule has 2 aromatic rings. The molecule has 0 saturated heterocycles. The summed E-state index contributed by atoms with van der Waals surface area (Å²) in [5, 5.41) is 17.1. The second kappa shape index (κ2) is 12.9. The minimum absolute atomic E-state index is 0.0329. The van der Waals surface area contributed by atoms with E-state index in [1.165, 1.54) is 0 Å². The van der Waals surface area contributed by atoms with Crippen molar-refractivity contribution in [1.82, 2.24) is 20.9 Å². The number of carbonyl (C=O) groups excluding carboxylic acids is 5. The molecule has 14 nitrogen and oxygen atoms in total. The number of fused-ring (bicyclic) bond motifs is 1. The van der Waals surface area contributed by atoms with E-state index in [0.29, 0.717) is 5.56 Å². The number of para-hydroxylation sites is 1. The minimum Gasteiger partial charge on any atom is -0.480 e. The Morgan fingerprint density at radius 2 is 1.53 bits per heavy atom. The number of carbonyl (C=O) groups is 6. The van der Waals surface area contributed by atoms with E-state index in [2.05, 4.69) is 20.9 Å². The maximum absolute atomic E-state index is 13.2. The molecule has 0 radical (unpaired) electrons. The summed E-state index contributed by atoms with van der Waals surface area (Å²) >= 11 is 0. The molecule has 0 saturated carbocycles. The van der Waals surface area contributed by atoms with Crippen molar-refractivity contribution in [3.05, 3.63) is 36.0 Å². The van der Waals surface area contributed by atoms with Crippen LogP contribution in [0.2, 0.25) is 0 Å². The van der Waals surface area contributed by atoms with Crippen molar-refractivity contribution < 1.29 is 33.9 Å². The predicted octanol–water partition coefficient (Wildman–Crippen LogP) is -2.65. The van der Waals surface area contributed by atoms with E-state index in [-0.39, 0.29) is 19.3 Å². The Bertz CT molecular complexity index is 1150. The van der Waals surface area contributed by atoms with Crippen LogP contribution in [0.1, 0.15) is 24.8 Å². The molecular weight excluding hydrogens is 474 g/mol. The first-order valence-corrected chi connectivity index (χ1v) is 11.0. The van der Waals surface area contributed by atoms with Gasteiger partial charge in [0.1, 0.15) is 18.1 Å². The average Bonchev–Trinajstić information content (AvgIpc) is 3.22. The number of aromatic amines is 1. The van der Waals surface area contributed by atoms with Gasteiger partial charge in [-0.05, 0) is 18.1 Å². The highest BCUT2D eigenvalue weighted by Crippen LogP contribution is 2.19. The van der Waals surface area contributed by atoms with E-state index < -0.39 is 66.6 Å². The smallest absolute Gasteiger partial charge is 0.326 e. The van der Waals surface area contributed by atoms with E-state index >= 15 is 0 Å². The van der Waals surface area contributed by atoms with Gasteiger partial charge in [-0.25, -0.2) is 4.79 Å². The lowest BCUT2D eigenvalue weighted by Crippen LogP contribution is -2.57. The second-order valence-electron chi connectivity index (χ2n) is 8.02. The first-order valence-electron chi connectivity index (χ1n) is 11.0. The quantitative estimate of drug-likeness (QED) is 0.135. The number of nitrogens with two attached hydrogens (primary N) is 3. The minimum atomic E-state index is -1.65. The number of hydrogen-bond acceptors (Lipinski definition) is 7. The number of benzene rings is 1. The summed E-state index contributed by atoms with van der Waals surface area (Å²) in [4.78, 5) is 74.8. The molecule has 14 heteroatoms. The van der Waals surface area contributed by atoms with Crippen LogP contribution in [-0.4, -0.2) is 70.3 Å². The van der Waals surface area contributed by atoms with E-state index in [0.717, 1.165) is 10.9 Å². The largest absolute Gasteiger partial charge is 0.480 e. The molecule has 0 fully saturated rings. The summed E-state index contributed by atoms with van der Waals surface area (Å²) in [6, 6.07) is 3.08. The molecule has 0 spiro atoms. The van der Waals surface area contributed by atoms with Crippen LogP contribution in [0.5, 0.6) is 0 Å². The molecule has 36 heavy (non-hydrogen) atoms. The molecule has 1 heterocycles. The van der Waals surface area contributed by atoms with Gasteiger partial charge in [0.2, 0.25) is 29.5 Å². The number of rotatable bonds is 14. The monoisotopic (exact) mass is 503 g/mol. The number of aliphatic carboxylic acids is 1. The summed E-state index contributed by atoms with van der Waals surface area (Å²) in [6.07, 6.45) is 0.450. The van der Waals surface area contributed by atoms with Gasteiger partial charge in [0.05, 0.1) is 13.0 Å². The predicted molar refractivity (Wildman–Crippen MR) is 127 cm³/mol. The third-order valence-electron chi connectivity index (χ3n) is 5.27. The molecule has 2 rings (SSSR count). The fourth-order valence-corrected chi connectivity index (χ4v) is 3.48. The zero-order chi connectivity index (χ0) is 26.8. The van der Waals surface area contributed by atoms with Crippen molar-refractivity contribution in [3.8, 4) is 0 Å². The highest BCUT2D eigenvalue weighted by atomic mass is 16.4. The van der Waals surface area contributed by atoms with Gasteiger partial charge in [-0.1, -0.05) is 18.2 Å². The Morgan fingerprint density at radius 1 is 0.889 bits per heavy atom. The van der Waals surface area contributed by atoms with Crippen molar-refractivity contribution in [3.63, 3.8) is 0 Å². The van der Waals surface area contributed by atoms with Gasteiger partial charge in [-0.3, -0.25) is 24.0 Å². The molecule has 0 aliphatic rings. The third-order valence-corrected chi connectivity index (χ3v) is 5.27. The van der Waals surface area contributed by atoms with Crippen LogP contribution >= 0.6 is 0 Å². The van der Waals surface area contributed by atoms with Crippen LogP contribution in [-0.2, 0) is 35.2 Å². The Morgan fingerprint density at radius 3 is 2.14 bits per heavy atom. The van der Waals surface area contributed by atoms with Crippen LogP contribution in [0.25, 0.3) is 10.9 Å². The van der Waals surface area contributed by atoms with Crippen molar-refractivity contribution in [2.75, 3.05) is 6.54 Å². The van der Waals surface area contributed by atoms with Crippen molar-refractivity contribution in [2.45, 2.75) is 43.8 Å². The number of aromatic nitrogens is 1. The lowest BCUT2D eigenvalue weighted by molar-refractivity contribution is -0.144. The maximum Gasteiger partial charge on any atom is 0.326 e. The van der Waals surface area contributed by atoms with E-state index in [1.54, 1.807) is 6.20 Å². The molecule has 194 valence electrons. The van der Waals surface area contributed by atoms with Gasteiger partial charge < -0.3 is 43.2 Å². The van der Waals surface area contributed by atoms with Gasteiger partial charge in [0, 0.05) is 29.9 Å². The second-order valence-corrected chi connectivity index (χ2v) is 8.02. The highest BCUT2D eigenvalue weighted by molar-refractivity contribution is 5.95.